The van der Waals surface area contributed by atoms with Gasteiger partial charge in [-0.25, -0.2) is 4.39 Å². The lowest BCUT2D eigenvalue weighted by molar-refractivity contribution is -0.122. The number of halogens is 1. The van der Waals surface area contributed by atoms with Crippen LogP contribution < -0.4 is 10.6 Å². The molecule has 1 amide bonds. The zero-order valence-corrected chi connectivity index (χ0v) is 11.6. The highest BCUT2D eigenvalue weighted by Crippen LogP contribution is 2.28. The van der Waals surface area contributed by atoms with Gasteiger partial charge in [0.15, 0.2) is 0 Å². The maximum atomic E-state index is 12.8. The van der Waals surface area contributed by atoms with Crippen molar-refractivity contribution < 1.29 is 9.18 Å². The summed E-state index contributed by atoms with van der Waals surface area (Å²) in [5, 5.41) is 6.10. The Morgan fingerprint density at radius 3 is 1.95 bits per heavy atom. The van der Waals surface area contributed by atoms with Gasteiger partial charge in [0.1, 0.15) is 5.82 Å². The Labute approximate surface area is 123 Å². The van der Waals surface area contributed by atoms with Crippen molar-refractivity contribution in [2.45, 2.75) is 19.3 Å². The number of carbonyl (C=O) groups is 1. The SMILES string of the molecule is O=C(Nc1ccc(Nc2ccc(F)cc2)cc1)C1CCC1. The van der Waals surface area contributed by atoms with Crippen molar-refractivity contribution in [2.75, 3.05) is 10.6 Å². The van der Waals surface area contributed by atoms with Gasteiger partial charge in [-0.2, -0.15) is 0 Å². The molecule has 0 heterocycles. The fraction of sp³-hybridized carbons (Fsp3) is 0.235. The average Bonchev–Trinajstić information content (AvgIpc) is 2.41. The molecule has 0 radical (unpaired) electrons. The number of nitrogens with one attached hydrogen (secondary N) is 2. The van der Waals surface area contributed by atoms with Gasteiger partial charge in [-0.3, -0.25) is 4.79 Å². The molecule has 2 N–H and O–H groups in total. The number of carbonyl (C=O) groups excluding carboxylic acids is 1. The van der Waals surface area contributed by atoms with Gasteiger partial charge in [0, 0.05) is 23.0 Å². The van der Waals surface area contributed by atoms with Crippen LogP contribution in [0.1, 0.15) is 19.3 Å². The standard InChI is InChI=1S/C17H17FN2O/c18-13-4-6-14(7-5-13)19-15-8-10-16(11-9-15)20-17(21)12-2-1-3-12/h4-12,19H,1-3H2,(H,20,21). The van der Waals surface area contributed by atoms with Crippen LogP contribution >= 0.6 is 0 Å². The molecule has 3 nitrogen and oxygen atoms in total. The van der Waals surface area contributed by atoms with E-state index in [1.54, 1.807) is 12.1 Å². The van der Waals surface area contributed by atoms with E-state index >= 15 is 0 Å². The topological polar surface area (TPSA) is 41.1 Å². The van der Waals surface area contributed by atoms with E-state index in [2.05, 4.69) is 10.6 Å². The molecular weight excluding hydrogens is 267 g/mol. The molecular formula is C17H17FN2O. The third-order valence-corrected chi connectivity index (χ3v) is 3.76. The van der Waals surface area contributed by atoms with Crippen LogP contribution in [-0.4, -0.2) is 5.91 Å². The molecule has 4 heteroatoms. The van der Waals surface area contributed by atoms with E-state index in [1.807, 2.05) is 24.3 Å². The normalized spacial score (nSPS) is 14.3. The van der Waals surface area contributed by atoms with Crippen molar-refractivity contribution in [3.63, 3.8) is 0 Å². The Bertz CT molecular complexity index is 618. The van der Waals surface area contributed by atoms with E-state index in [9.17, 15) is 9.18 Å². The Morgan fingerprint density at radius 2 is 1.43 bits per heavy atom. The summed E-state index contributed by atoms with van der Waals surface area (Å²) < 4.78 is 12.8. The third kappa shape index (κ3) is 3.40. The largest absolute Gasteiger partial charge is 0.356 e. The first-order valence-corrected chi connectivity index (χ1v) is 7.14. The fourth-order valence-corrected chi connectivity index (χ4v) is 2.25. The average molecular weight is 284 g/mol. The Morgan fingerprint density at radius 1 is 0.905 bits per heavy atom. The molecule has 2 aromatic carbocycles. The molecule has 0 atom stereocenters. The second-order valence-corrected chi connectivity index (χ2v) is 5.33. The number of hydrogen-bond donors (Lipinski definition) is 2. The van der Waals surface area contributed by atoms with Gasteiger partial charge in [-0.05, 0) is 61.4 Å². The number of benzene rings is 2. The summed E-state index contributed by atoms with van der Waals surface area (Å²) in [7, 11) is 0. The third-order valence-electron chi connectivity index (χ3n) is 3.76. The van der Waals surface area contributed by atoms with Crippen molar-refractivity contribution in [1.82, 2.24) is 0 Å². The van der Waals surface area contributed by atoms with Crippen LogP contribution in [0.4, 0.5) is 21.5 Å². The van der Waals surface area contributed by atoms with Crippen LogP contribution in [0.2, 0.25) is 0 Å². The maximum Gasteiger partial charge on any atom is 0.227 e. The summed E-state index contributed by atoms with van der Waals surface area (Å²) in [6.45, 7) is 0. The molecule has 21 heavy (non-hydrogen) atoms. The highest BCUT2D eigenvalue weighted by molar-refractivity contribution is 5.93. The van der Waals surface area contributed by atoms with E-state index in [4.69, 9.17) is 0 Å². The lowest BCUT2D eigenvalue weighted by Gasteiger charge is -2.24. The van der Waals surface area contributed by atoms with Crippen LogP contribution in [0.5, 0.6) is 0 Å². The van der Waals surface area contributed by atoms with Crippen LogP contribution in [0.25, 0.3) is 0 Å². The summed E-state index contributed by atoms with van der Waals surface area (Å²) in [4.78, 5) is 11.8. The summed E-state index contributed by atoms with van der Waals surface area (Å²) in [6, 6.07) is 13.7. The molecule has 108 valence electrons. The molecule has 0 aromatic heterocycles. The van der Waals surface area contributed by atoms with Crippen LogP contribution in [0, 0.1) is 11.7 Å². The molecule has 0 unspecified atom stereocenters. The van der Waals surface area contributed by atoms with E-state index in [0.29, 0.717) is 0 Å². The molecule has 1 aliphatic rings. The van der Waals surface area contributed by atoms with Gasteiger partial charge < -0.3 is 10.6 Å². The van der Waals surface area contributed by atoms with Gasteiger partial charge >= 0.3 is 0 Å². The van der Waals surface area contributed by atoms with Gasteiger partial charge in [-0.1, -0.05) is 6.42 Å². The van der Waals surface area contributed by atoms with Crippen LogP contribution in [0.3, 0.4) is 0 Å². The zero-order chi connectivity index (χ0) is 14.7. The first-order valence-electron chi connectivity index (χ1n) is 7.14. The highest BCUT2D eigenvalue weighted by Gasteiger charge is 2.24. The summed E-state index contributed by atoms with van der Waals surface area (Å²) in [6.07, 6.45) is 3.14. The van der Waals surface area contributed by atoms with Crippen molar-refractivity contribution in [3.8, 4) is 0 Å². The Hall–Kier alpha value is -2.36. The highest BCUT2D eigenvalue weighted by atomic mass is 19.1. The minimum Gasteiger partial charge on any atom is -0.356 e. The molecule has 0 spiro atoms. The quantitative estimate of drug-likeness (QED) is 0.878. The number of amides is 1. The summed E-state index contributed by atoms with van der Waals surface area (Å²) in [5.41, 5.74) is 2.52. The van der Waals surface area contributed by atoms with Gasteiger partial charge in [0.25, 0.3) is 0 Å². The molecule has 1 fully saturated rings. The molecule has 1 saturated carbocycles. The minimum atomic E-state index is -0.255. The van der Waals surface area contributed by atoms with E-state index in [-0.39, 0.29) is 17.6 Å². The van der Waals surface area contributed by atoms with Gasteiger partial charge in [0.05, 0.1) is 0 Å². The van der Waals surface area contributed by atoms with Crippen LogP contribution in [-0.2, 0) is 4.79 Å². The summed E-state index contributed by atoms with van der Waals surface area (Å²) >= 11 is 0. The number of rotatable bonds is 4. The number of hydrogen-bond acceptors (Lipinski definition) is 2. The van der Waals surface area contributed by atoms with Crippen molar-refractivity contribution in [3.05, 3.63) is 54.3 Å². The molecule has 0 saturated heterocycles. The first kappa shape index (κ1) is 13.6. The van der Waals surface area contributed by atoms with E-state index < -0.39 is 0 Å². The predicted molar refractivity (Wildman–Crippen MR) is 82.1 cm³/mol. The lowest BCUT2D eigenvalue weighted by atomic mass is 9.85. The molecule has 0 bridgehead atoms. The summed E-state index contributed by atoms with van der Waals surface area (Å²) in [5.74, 6) is 0.0390. The first-order chi connectivity index (χ1) is 10.2. The Kier molecular flexibility index (Phi) is 3.86. The minimum absolute atomic E-state index is 0.112. The lowest BCUT2D eigenvalue weighted by Crippen LogP contribution is -2.27. The second-order valence-electron chi connectivity index (χ2n) is 5.33. The van der Waals surface area contributed by atoms with Crippen molar-refractivity contribution >= 4 is 23.0 Å². The van der Waals surface area contributed by atoms with E-state index in [0.717, 1.165) is 36.3 Å². The van der Waals surface area contributed by atoms with Gasteiger partial charge in [-0.15, -0.1) is 0 Å². The molecule has 2 aromatic rings. The van der Waals surface area contributed by atoms with Crippen molar-refractivity contribution in [1.29, 1.82) is 0 Å². The molecule has 3 rings (SSSR count). The van der Waals surface area contributed by atoms with Crippen molar-refractivity contribution in [2.24, 2.45) is 5.92 Å². The second kappa shape index (κ2) is 5.95. The zero-order valence-electron chi connectivity index (χ0n) is 11.6. The van der Waals surface area contributed by atoms with Gasteiger partial charge in [0.2, 0.25) is 5.91 Å². The maximum absolute atomic E-state index is 12.8. The van der Waals surface area contributed by atoms with Crippen LogP contribution in [0.15, 0.2) is 48.5 Å². The molecule has 1 aliphatic carbocycles. The fourth-order valence-electron chi connectivity index (χ4n) is 2.25. The van der Waals surface area contributed by atoms with E-state index in [1.165, 1.54) is 12.1 Å². The Balaban J connectivity index is 1.60. The smallest absolute Gasteiger partial charge is 0.227 e. The molecule has 0 aliphatic heterocycles. The number of anilines is 3. The predicted octanol–water partition coefficient (Wildman–Crippen LogP) is 4.31. The monoisotopic (exact) mass is 284 g/mol.